The van der Waals surface area contributed by atoms with Gasteiger partial charge in [0.15, 0.2) is 6.61 Å². The summed E-state index contributed by atoms with van der Waals surface area (Å²) in [7, 11) is 0. The van der Waals surface area contributed by atoms with Crippen molar-refractivity contribution in [3.8, 4) is 5.75 Å². The minimum atomic E-state index is -0.200. The lowest BCUT2D eigenvalue weighted by Gasteiger charge is -2.35. The number of aryl methyl sites for hydroxylation is 1. The van der Waals surface area contributed by atoms with Crippen molar-refractivity contribution < 1.29 is 14.3 Å². The van der Waals surface area contributed by atoms with E-state index in [4.69, 9.17) is 4.74 Å². The van der Waals surface area contributed by atoms with Gasteiger partial charge in [0.2, 0.25) is 5.91 Å². The molecule has 2 amide bonds. The molecule has 35 heavy (non-hydrogen) atoms. The number of nitrogens with one attached hydrogen (secondary N) is 1. The molecule has 0 spiro atoms. The van der Waals surface area contributed by atoms with Crippen molar-refractivity contribution in [3.63, 3.8) is 0 Å². The molecule has 1 aliphatic rings. The van der Waals surface area contributed by atoms with Crippen molar-refractivity contribution >= 4 is 29.3 Å². The first-order valence-corrected chi connectivity index (χ1v) is 11.9. The van der Waals surface area contributed by atoms with Gasteiger partial charge >= 0.3 is 0 Å². The number of carbonyl (C=O) groups is 2. The van der Waals surface area contributed by atoms with Gasteiger partial charge in [-0.25, -0.2) is 0 Å². The minimum absolute atomic E-state index is 0.0367. The van der Waals surface area contributed by atoms with E-state index >= 15 is 0 Å². The third-order valence-electron chi connectivity index (χ3n) is 6.24. The maximum absolute atomic E-state index is 12.5. The zero-order chi connectivity index (χ0) is 24.6. The minimum Gasteiger partial charge on any atom is -0.483 e. The fraction of sp³-hybridized carbons (Fsp3) is 0.241. The molecule has 0 atom stereocenters. The number of ether oxygens (including phenoxy) is 1. The Labute approximate surface area is 206 Å². The zero-order valence-corrected chi connectivity index (χ0v) is 20.2. The summed E-state index contributed by atoms with van der Waals surface area (Å²) in [6, 6.07) is 23.4. The summed E-state index contributed by atoms with van der Waals surface area (Å²) >= 11 is 0. The fourth-order valence-electron chi connectivity index (χ4n) is 4.00. The summed E-state index contributed by atoms with van der Waals surface area (Å²) in [5, 5.41) is 2.88. The molecule has 0 aliphatic carbocycles. The number of amides is 2. The van der Waals surface area contributed by atoms with Gasteiger partial charge in [-0.2, -0.15) is 0 Å². The zero-order valence-electron chi connectivity index (χ0n) is 20.2. The van der Waals surface area contributed by atoms with Gasteiger partial charge < -0.3 is 19.9 Å². The average Bonchev–Trinajstić information content (AvgIpc) is 2.89. The van der Waals surface area contributed by atoms with E-state index in [0.29, 0.717) is 13.1 Å². The van der Waals surface area contributed by atoms with Crippen LogP contribution >= 0.6 is 0 Å². The average molecular weight is 470 g/mol. The summed E-state index contributed by atoms with van der Waals surface area (Å²) in [6.07, 6.45) is 3.50. The first-order chi connectivity index (χ1) is 17.0. The van der Waals surface area contributed by atoms with E-state index in [1.807, 2.05) is 97.6 Å². The van der Waals surface area contributed by atoms with Crippen molar-refractivity contribution in [2.75, 3.05) is 43.0 Å². The van der Waals surface area contributed by atoms with E-state index in [0.717, 1.165) is 46.9 Å². The molecule has 1 N–H and O–H groups in total. The monoisotopic (exact) mass is 469 g/mol. The molecule has 1 fully saturated rings. The van der Waals surface area contributed by atoms with Gasteiger partial charge in [-0.1, -0.05) is 42.5 Å². The Hall–Kier alpha value is -4.06. The van der Waals surface area contributed by atoms with E-state index < -0.39 is 0 Å². The molecule has 1 heterocycles. The standard InChI is InChI=1S/C29H31N3O3/c1-22-7-6-10-27(23(22)2)35-21-28(33)30-25-12-14-26(15-13-25)31-17-19-32(20-18-31)29(34)16-11-24-8-4-3-5-9-24/h3-16H,17-21H2,1-2H3,(H,30,33)/b16-11+. The van der Waals surface area contributed by atoms with Crippen molar-refractivity contribution in [1.82, 2.24) is 4.90 Å². The summed E-state index contributed by atoms with van der Waals surface area (Å²) in [4.78, 5) is 29.0. The van der Waals surface area contributed by atoms with Gasteiger partial charge in [0, 0.05) is 43.6 Å². The van der Waals surface area contributed by atoms with Crippen LogP contribution in [0.2, 0.25) is 0 Å². The third kappa shape index (κ3) is 6.51. The molecule has 0 saturated carbocycles. The molecule has 3 aromatic carbocycles. The molecule has 1 aliphatic heterocycles. The van der Waals surface area contributed by atoms with Crippen molar-refractivity contribution in [3.05, 3.63) is 95.6 Å². The summed E-state index contributed by atoms with van der Waals surface area (Å²) in [6.45, 7) is 6.84. The van der Waals surface area contributed by atoms with Gasteiger partial charge in [0.1, 0.15) is 5.75 Å². The van der Waals surface area contributed by atoms with Crippen LogP contribution in [0.15, 0.2) is 78.9 Å². The molecular formula is C29H31N3O3. The van der Waals surface area contributed by atoms with Gasteiger partial charge in [0.05, 0.1) is 0 Å². The molecule has 3 aromatic rings. The first kappa shape index (κ1) is 24.1. The lowest BCUT2D eigenvalue weighted by Crippen LogP contribution is -2.48. The van der Waals surface area contributed by atoms with Crippen LogP contribution in [0.1, 0.15) is 16.7 Å². The summed E-state index contributed by atoms with van der Waals surface area (Å²) < 4.78 is 5.69. The molecule has 0 radical (unpaired) electrons. The summed E-state index contributed by atoms with van der Waals surface area (Å²) in [5.41, 5.74) is 4.99. The second-order valence-corrected chi connectivity index (χ2v) is 8.64. The highest BCUT2D eigenvalue weighted by atomic mass is 16.5. The maximum Gasteiger partial charge on any atom is 0.262 e. The number of rotatable bonds is 7. The topological polar surface area (TPSA) is 61.9 Å². The molecule has 6 nitrogen and oxygen atoms in total. The third-order valence-corrected chi connectivity index (χ3v) is 6.24. The smallest absolute Gasteiger partial charge is 0.262 e. The second kappa shape index (κ2) is 11.4. The van der Waals surface area contributed by atoms with Gasteiger partial charge in [-0.05, 0) is 66.9 Å². The van der Waals surface area contributed by atoms with Crippen molar-refractivity contribution in [1.29, 1.82) is 0 Å². The molecular weight excluding hydrogens is 438 g/mol. The summed E-state index contributed by atoms with van der Waals surface area (Å²) in [5.74, 6) is 0.563. The van der Waals surface area contributed by atoms with E-state index in [-0.39, 0.29) is 18.4 Å². The Morgan fingerprint density at radius 3 is 2.31 bits per heavy atom. The Balaban J connectivity index is 1.24. The molecule has 4 rings (SSSR count). The predicted octanol–water partition coefficient (Wildman–Crippen LogP) is 4.68. The molecule has 6 heteroatoms. The van der Waals surface area contributed by atoms with Crippen LogP contribution in [0.5, 0.6) is 5.75 Å². The quantitative estimate of drug-likeness (QED) is 0.511. The van der Waals surface area contributed by atoms with Crippen LogP contribution in [0.3, 0.4) is 0 Å². The van der Waals surface area contributed by atoms with Gasteiger partial charge in [-0.15, -0.1) is 0 Å². The highest BCUT2D eigenvalue weighted by Gasteiger charge is 2.20. The van der Waals surface area contributed by atoms with Crippen LogP contribution in [-0.4, -0.2) is 49.5 Å². The number of hydrogen-bond donors (Lipinski definition) is 1. The second-order valence-electron chi connectivity index (χ2n) is 8.64. The molecule has 0 bridgehead atoms. The molecule has 0 unspecified atom stereocenters. The number of piperazine rings is 1. The Bertz CT molecular complexity index is 1180. The number of hydrogen-bond acceptors (Lipinski definition) is 4. The van der Waals surface area contributed by atoms with Gasteiger partial charge in [-0.3, -0.25) is 9.59 Å². The molecule has 180 valence electrons. The largest absolute Gasteiger partial charge is 0.483 e. The number of anilines is 2. The van der Waals surface area contributed by atoms with E-state index in [2.05, 4.69) is 10.2 Å². The Morgan fingerprint density at radius 1 is 0.886 bits per heavy atom. The Kier molecular flexibility index (Phi) is 7.83. The lowest BCUT2D eigenvalue weighted by atomic mass is 10.1. The van der Waals surface area contributed by atoms with Crippen LogP contribution in [0, 0.1) is 13.8 Å². The van der Waals surface area contributed by atoms with Crippen LogP contribution < -0.4 is 15.0 Å². The van der Waals surface area contributed by atoms with E-state index in [1.165, 1.54) is 0 Å². The molecule has 1 saturated heterocycles. The van der Waals surface area contributed by atoms with Gasteiger partial charge in [0.25, 0.3) is 5.91 Å². The van der Waals surface area contributed by atoms with Crippen molar-refractivity contribution in [2.45, 2.75) is 13.8 Å². The van der Waals surface area contributed by atoms with Crippen LogP contribution in [0.4, 0.5) is 11.4 Å². The highest BCUT2D eigenvalue weighted by Crippen LogP contribution is 2.22. The number of nitrogens with zero attached hydrogens (tertiary/aromatic N) is 2. The van der Waals surface area contributed by atoms with Crippen LogP contribution in [0.25, 0.3) is 6.08 Å². The first-order valence-electron chi connectivity index (χ1n) is 11.9. The highest BCUT2D eigenvalue weighted by molar-refractivity contribution is 5.92. The number of carbonyl (C=O) groups excluding carboxylic acids is 2. The normalized spacial score (nSPS) is 13.7. The Morgan fingerprint density at radius 2 is 1.60 bits per heavy atom. The SMILES string of the molecule is Cc1cccc(OCC(=O)Nc2ccc(N3CCN(C(=O)/C=C/c4ccccc4)CC3)cc2)c1C. The van der Waals surface area contributed by atoms with E-state index in [1.54, 1.807) is 6.08 Å². The van der Waals surface area contributed by atoms with Crippen molar-refractivity contribution in [2.24, 2.45) is 0 Å². The maximum atomic E-state index is 12.5. The van der Waals surface area contributed by atoms with Crippen LogP contribution in [-0.2, 0) is 9.59 Å². The van der Waals surface area contributed by atoms with E-state index in [9.17, 15) is 9.59 Å². The lowest BCUT2D eigenvalue weighted by molar-refractivity contribution is -0.126. The molecule has 0 aromatic heterocycles. The number of benzene rings is 3. The predicted molar refractivity (Wildman–Crippen MR) is 141 cm³/mol. The fourth-order valence-corrected chi connectivity index (χ4v) is 4.00.